The summed E-state index contributed by atoms with van der Waals surface area (Å²) in [6.07, 6.45) is 2.50. The molecule has 138 valence electrons. The van der Waals surface area contributed by atoms with Gasteiger partial charge in [-0.1, -0.05) is 131 Å². The van der Waals surface area contributed by atoms with Gasteiger partial charge >= 0.3 is 154 Å². The molecule has 0 fully saturated rings. The Labute approximate surface area is 283 Å². The monoisotopic (exact) mass is 404 g/mol. The SMILES string of the molecule is C.CC.CC.CC.CC.CC.CC.CCC.CCC.[H-].[H-].[H-].[K+].[K+].[K+]. The molecular formula is C19H59K3. The number of hydrogen-bond acceptors (Lipinski definition) is 0. The summed E-state index contributed by atoms with van der Waals surface area (Å²) in [7, 11) is 0. The van der Waals surface area contributed by atoms with E-state index in [0.29, 0.717) is 0 Å². The van der Waals surface area contributed by atoms with Crippen LogP contribution in [-0.2, 0) is 0 Å². The first-order valence-corrected chi connectivity index (χ1v) is 8.83. The van der Waals surface area contributed by atoms with E-state index < -0.39 is 0 Å². The van der Waals surface area contributed by atoms with Crippen LogP contribution in [0.2, 0.25) is 0 Å². The van der Waals surface area contributed by atoms with Crippen molar-refractivity contribution >= 4 is 0 Å². The second kappa shape index (κ2) is 337. The summed E-state index contributed by atoms with van der Waals surface area (Å²) in [5, 5.41) is 0. The zero-order valence-electron chi connectivity index (χ0n) is 23.4. The minimum Gasteiger partial charge on any atom is -1.00 e. The Hall–Kier alpha value is 4.91. The Bertz CT molecular complexity index is 27.9. The Balaban J connectivity index is -0.00000000341. The van der Waals surface area contributed by atoms with E-state index >= 15 is 0 Å². The molecule has 0 rings (SSSR count). The summed E-state index contributed by atoms with van der Waals surface area (Å²) in [5.41, 5.74) is 0. The number of rotatable bonds is 0. The van der Waals surface area contributed by atoms with Crippen molar-refractivity contribution in [1.29, 1.82) is 0 Å². The van der Waals surface area contributed by atoms with Crippen molar-refractivity contribution in [2.24, 2.45) is 0 Å². The molecule has 0 saturated carbocycles. The van der Waals surface area contributed by atoms with Crippen LogP contribution >= 0.6 is 0 Å². The van der Waals surface area contributed by atoms with Crippen molar-refractivity contribution in [2.45, 2.75) is 131 Å². The van der Waals surface area contributed by atoms with Gasteiger partial charge in [-0.2, -0.15) is 0 Å². The molecule has 0 aromatic rings. The van der Waals surface area contributed by atoms with Crippen LogP contribution < -0.4 is 154 Å². The Morgan fingerprint density at radius 1 is 0.364 bits per heavy atom. The van der Waals surface area contributed by atoms with Gasteiger partial charge in [0.1, 0.15) is 0 Å². The molecule has 0 aromatic heterocycles. The average molecular weight is 405 g/mol. The van der Waals surface area contributed by atoms with Crippen molar-refractivity contribution in [1.82, 2.24) is 0 Å². The molecular weight excluding hydrogens is 346 g/mol. The van der Waals surface area contributed by atoms with Gasteiger partial charge in [0, 0.05) is 0 Å². The van der Waals surface area contributed by atoms with Crippen molar-refractivity contribution in [2.75, 3.05) is 0 Å². The summed E-state index contributed by atoms with van der Waals surface area (Å²) in [5.74, 6) is 0. The maximum atomic E-state index is 2.12. The van der Waals surface area contributed by atoms with E-state index in [0.717, 1.165) is 0 Å². The van der Waals surface area contributed by atoms with Crippen molar-refractivity contribution in [3.05, 3.63) is 0 Å². The fraction of sp³-hybridized carbons (Fsp3) is 1.00. The molecule has 0 amide bonds. The average Bonchev–Trinajstić information content (AvgIpc) is 2.52. The van der Waals surface area contributed by atoms with E-state index in [-0.39, 0.29) is 166 Å². The third-order valence-corrected chi connectivity index (χ3v) is 0. The summed E-state index contributed by atoms with van der Waals surface area (Å²) < 4.78 is 0. The van der Waals surface area contributed by atoms with E-state index in [1.807, 2.05) is 83.1 Å². The van der Waals surface area contributed by atoms with Gasteiger partial charge in [-0.3, -0.25) is 0 Å². The van der Waals surface area contributed by atoms with Gasteiger partial charge in [0.15, 0.2) is 0 Å². The maximum Gasteiger partial charge on any atom is 1.00 e. The Morgan fingerprint density at radius 3 is 0.364 bits per heavy atom. The summed E-state index contributed by atoms with van der Waals surface area (Å²) >= 11 is 0. The third kappa shape index (κ3) is 591. The fourth-order valence-electron chi connectivity index (χ4n) is 0. The standard InChI is InChI=1S/2C3H8.6C2H6.CH4.3K.3H/c2*1-3-2;6*1-2;;;;;;;/h2*3H2,1-2H3;6*1-2H3;1H4;;;;;;/q;;;;;;;;;3*+1;3*-1. The second-order valence-electron chi connectivity index (χ2n) is 1.41. The third-order valence-electron chi connectivity index (χ3n) is 0. The fourth-order valence-corrected chi connectivity index (χ4v) is 0. The van der Waals surface area contributed by atoms with Gasteiger partial charge in [-0.05, 0) is 0 Å². The van der Waals surface area contributed by atoms with E-state index in [2.05, 4.69) is 27.7 Å². The Morgan fingerprint density at radius 2 is 0.364 bits per heavy atom. The van der Waals surface area contributed by atoms with Gasteiger partial charge in [0.2, 0.25) is 0 Å². The van der Waals surface area contributed by atoms with Gasteiger partial charge in [-0.25, -0.2) is 0 Å². The molecule has 0 N–H and O–H groups in total. The summed E-state index contributed by atoms with van der Waals surface area (Å²) in [4.78, 5) is 0. The zero-order valence-corrected chi connectivity index (χ0v) is 29.8. The van der Waals surface area contributed by atoms with E-state index in [4.69, 9.17) is 0 Å². The molecule has 0 aliphatic heterocycles. The molecule has 0 unspecified atom stereocenters. The molecule has 22 heavy (non-hydrogen) atoms. The molecule has 0 bridgehead atoms. The largest absolute Gasteiger partial charge is 1.00 e. The molecule has 0 aliphatic carbocycles. The first kappa shape index (κ1) is 81.3. The molecule has 0 heterocycles. The van der Waals surface area contributed by atoms with Crippen LogP contribution in [0.4, 0.5) is 0 Å². The topological polar surface area (TPSA) is 0 Å². The second-order valence-corrected chi connectivity index (χ2v) is 1.41. The first-order chi connectivity index (χ1) is 8.83. The van der Waals surface area contributed by atoms with Gasteiger partial charge in [-0.15, -0.1) is 0 Å². The van der Waals surface area contributed by atoms with Crippen molar-refractivity contribution < 1.29 is 158 Å². The molecule has 0 aromatic carbocycles. The van der Waals surface area contributed by atoms with Crippen LogP contribution in [0.3, 0.4) is 0 Å². The quantitative estimate of drug-likeness (QED) is 0.528. The molecule has 0 radical (unpaired) electrons. The van der Waals surface area contributed by atoms with Crippen LogP contribution in [0.15, 0.2) is 0 Å². The minimum absolute atomic E-state index is 0. The first-order valence-electron chi connectivity index (χ1n) is 8.83. The minimum atomic E-state index is 0. The van der Waals surface area contributed by atoms with Gasteiger partial charge in [0.05, 0.1) is 0 Å². The van der Waals surface area contributed by atoms with Crippen LogP contribution in [0.25, 0.3) is 0 Å². The van der Waals surface area contributed by atoms with Crippen molar-refractivity contribution in [3.8, 4) is 0 Å². The molecule has 0 atom stereocenters. The predicted molar refractivity (Wildman–Crippen MR) is 110 cm³/mol. The van der Waals surface area contributed by atoms with Crippen molar-refractivity contribution in [3.63, 3.8) is 0 Å². The Kier molecular flexibility index (Phi) is 1240. The molecule has 0 spiro atoms. The van der Waals surface area contributed by atoms with Crippen LogP contribution in [0, 0.1) is 0 Å². The molecule has 0 aliphatic rings. The van der Waals surface area contributed by atoms with Crippen LogP contribution in [0.1, 0.15) is 135 Å². The smallest absolute Gasteiger partial charge is 1.00 e. The van der Waals surface area contributed by atoms with Gasteiger partial charge in [0.25, 0.3) is 0 Å². The van der Waals surface area contributed by atoms with Crippen LogP contribution in [-0.4, -0.2) is 0 Å². The zero-order chi connectivity index (χ0) is 17.4. The maximum absolute atomic E-state index is 2.12. The predicted octanol–water partition coefficient (Wildman–Crippen LogP) is 0.975. The van der Waals surface area contributed by atoms with E-state index in [9.17, 15) is 0 Å². The molecule has 0 nitrogen and oxygen atoms in total. The van der Waals surface area contributed by atoms with E-state index in [1.54, 1.807) is 0 Å². The number of hydrogen-bond donors (Lipinski definition) is 0. The molecule has 0 saturated heterocycles. The summed E-state index contributed by atoms with van der Waals surface area (Å²) in [6.45, 7) is 32.5. The van der Waals surface area contributed by atoms with Gasteiger partial charge < -0.3 is 4.28 Å². The normalized spacial score (nSPS) is 3.27. The van der Waals surface area contributed by atoms with E-state index in [1.165, 1.54) is 12.8 Å². The summed E-state index contributed by atoms with van der Waals surface area (Å²) in [6, 6.07) is 0. The van der Waals surface area contributed by atoms with Crippen LogP contribution in [0.5, 0.6) is 0 Å². The molecule has 3 heteroatoms.